The summed E-state index contributed by atoms with van der Waals surface area (Å²) in [6.07, 6.45) is 3.07. The van der Waals surface area contributed by atoms with Gasteiger partial charge in [0.05, 0.1) is 6.04 Å². The number of rotatable bonds is 3. The van der Waals surface area contributed by atoms with Crippen LogP contribution in [0.2, 0.25) is 0 Å². The highest BCUT2D eigenvalue weighted by Crippen LogP contribution is 2.33. The van der Waals surface area contributed by atoms with Crippen molar-refractivity contribution in [3.8, 4) is 0 Å². The maximum atomic E-state index is 12.7. The van der Waals surface area contributed by atoms with Gasteiger partial charge in [0, 0.05) is 22.7 Å². The molecule has 0 saturated carbocycles. The average Bonchev–Trinajstić information content (AvgIpc) is 2.98. The molecule has 1 atom stereocenters. The van der Waals surface area contributed by atoms with E-state index in [-0.39, 0.29) is 11.9 Å². The van der Waals surface area contributed by atoms with Gasteiger partial charge in [0.2, 0.25) is 0 Å². The number of nitrogens with zero attached hydrogens (tertiary/aromatic N) is 1. The second kappa shape index (κ2) is 6.24. The van der Waals surface area contributed by atoms with Crippen molar-refractivity contribution in [1.82, 2.24) is 4.90 Å². The van der Waals surface area contributed by atoms with Crippen LogP contribution in [0.3, 0.4) is 0 Å². The summed E-state index contributed by atoms with van der Waals surface area (Å²) in [6.45, 7) is 2.95. The zero-order valence-electron chi connectivity index (χ0n) is 12.3. The van der Waals surface area contributed by atoms with Crippen LogP contribution in [0.5, 0.6) is 0 Å². The molecule has 2 heterocycles. The lowest BCUT2D eigenvalue weighted by atomic mass is 10.00. The van der Waals surface area contributed by atoms with Crippen LogP contribution < -0.4 is 0 Å². The number of benzene rings is 1. The molecule has 0 fully saturated rings. The van der Waals surface area contributed by atoms with Gasteiger partial charge in [-0.05, 0) is 54.3 Å². The number of amides is 1. The standard InChI is InChI=1S/C17H19NOS2/c1-12-15-8-10-21-16(15)7-9-18(12)17(19)14-5-3-13(4-6-14)11-20-2/h3-6,8,10,12H,7,9,11H2,1-2H3/t12-/m1/s1. The molecule has 1 aromatic carbocycles. The minimum absolute atomic E-state index is 0.148. The second-order valence-electron chi connectivity index (χ2n) is 5.35. The molecular formula is C17H19NOS2. The van der Waals surface area contributed by atoms with Crippen molar-refractivity contribution in [1.29, 1.82) is 0 Å². The highest BCUT2D eigenvalue weighted by Gasteiger charge is 2.28. The number of carbonyl (C=O) groups is 1. The van der Waals surface area contributed by atoms with Gasteiger partial charge in [-0.25, -0.2) is 0 Å². The number of hydrogen-bond acceptors (Lipinski definition) is 3. The minimum Gasteiger partial charge on any atom is -0.331 e. The maximum Gasteiger partial charge on any atom is 0.254 e. The summed E-state index contributed by atoms with van der Waals surface area (Å²) in [5, 5.41) is 2.13. The van der Waals surface area contributed by atoms with Gasteiger partial charge in [-0.1, -0.05) is 12.1 Å². The van der Waals surface area contributed by atoms with Crippen LogP contribution in [0.4, 0.5) is 0 Å². The third-order valence-corrected chi connectivity index (χ3v) is 5.67. The highest BCUT2D eigenvalue weighted by atomic mass is 32.2. The summed E-state index contributed by atoms with van der Waals surface area (Å²) in [5.41, 5.74) is 3.38. The van der Waals surface area contributed by atoms with Crippen molar-refractivity contribution in [2.45, 2.75) is 25.1 Å². The third-order valence-electron chi connectivity index (χ3n) is 4.05. The summed E-state index contributed by atoms with van der Waals surface area (Å²) < 4.78 is 0. The first-order valence-electron chi connectivity index (χ1n) is 7.16. The molecule has 2 nitrogen and oxygen atoms in total. The molecule has 0 spiro atoms. The molecule has 0 radical (unpaired) electrons. The van der Waals surface area contributed by atoms with E-state index in [1.807, 2.05) is 17.0 Å². The third kappa shape index (κ3) is 2.87. The fourth-order valence-corrected chi connectivity index (χ4v) is 4.35. The zero-order chi connectivity index (χ0) is 14.8. The Morgan fingerprint density at radius 3 is 2.81 bits per heavy atom. The summed E-state index contributed by atoms with van der Waals surface area (Å²) in [4.78, 5) is 16.2. The molecule has 110 valence electrons. The van der Waals surface area contributed by atoms with Crippen LogP contribution in [-0.4, -0.2) is 23.6 Å². The Hall–Kier alpha value is -1.26. The predicted molar refractivity (Wildman–Crippen MR) is 91.1 cm³/mol. The highest BCUT2D eigenvalue weighted by molar-refractivity contribution is 7.97. The lowest BCUT2D eigenvalue weighted by Crippen LogP contribution is -2.38. The van der Waals surface area contributed by atoms with Crippen molar-refractivity contribution in [2.24, 2.45) is 0 Å². The van der Waals surface area contributed by atoms with Crippen LogP contribution in [0.25, 0.3) is 0 Å². The average molecular weight is 317 g/mol. The van der Waals surface area contributed by atoms with E-state index in [1.165, 1.54) is 16.0 Å². The van der Waals surface area contributed by atoms with Crippen LogP contribution in [-0.2, 0) is 12.2 Å². The molecular weight excluding hydrogens is 298 g/mol. The van der Waals surface area contributed by atoms with Crippen molar-refractivity contribution >= 4 is 29.0 Å². The topological polar surface area (TPSA) is 20.3 Å². The first-order valence-corrected chi connectivity index (χ1v) is 9.43. The molecule has 1 aliphatic rings. The molecule has 1 aliphatic heterocycles. The van der Waals surface area contributed by atoms with Crippen LogP contribution in [0.1, 0.15) is 39.3 Å². The van der Waals surface area contributed by atoms with E-state index in [1.54, 1.807) is 23.1 Å². The Morgan fingerprint density at radius 1 is 1.33 bits per heavy atom. The SMILES string of the molecule is CSCc1ccc(C(=O)N2CCc3sccc3[C@H]2C)cc1. The van der Waals surface area contributed by atoms with Crippen LogP contribution >= 0.6 is 23.1 Å². The van der Waals surface area contributed by atoms with Gasteiger partial charge >= 0.3 is 0 Å². The molecule has 1 amide bonds. The molecule has 4 heteroatoms. The van der Waals surface area contributed by atoms with Crippen molar-refractivity contribution in [3.63, 3.8) is 0 Å². The molecule has 2 aromatic rings. The Morgan fingerprint density at radius 2 is 2.10 bits per heavy atom. The molecule has 3 rings (SSSR count). The van der Waals surface area contributed by atoms with Gasteiger partial charge in [0.25, 0.3) is 5.91 Å². The normalized spacial score (nSPS) is 17.6. The number of thiophene rings is 1. The van der Waals surface area contributed by atoms with Crippen molar-refractivity contribution in [3.05, 3.63) is 57.3 Å². The van der Waals surface area contributed by atoms with Crippen molar-refractivity contribution in [2.75, 3.05) is 12.8 Å². The number of carbonyl (C=O) groups excluding carboxylic acids is 1. The first-order chi connectivity index (χ1) is 10.2. The van der Waals surface area contributed by atoms with E-state index >= 15 is 0 Å². The lowest BCUT2D eigenvalue weighted by molar-refractivity contribution is 0.0679. The van der Waals surface area contributed by atoms with E-state index in [9.17, 15) is 4.79 Å². The van der Waals surface area contributed by atoms with E-state index in [4.69, 9.17) is 0 Å². The molecule has 0 unspecified atom stereocenters. The largest absolute Gasteiger partial charge is 0.331 e. The van der Waals surface area contributed by atoms with Crippen molar-refractivity contribution < 1.29 is 4.79 Å². The maximum absolute atomic E-state index is 12.7. The van der Waals surface area contributed by atoms with Gasteiger partial charge in [0.15, 0.2) is 0 Å². The summed E-state index contributed by atoms with van der Waals surface area (Å²) >= 11 is 3.60. The first kappa shape index (κ1) is 14.7. The van der Waals surface area contributed by atoms with E-state index in [0.29, 0.717) is 0 Å². The van der Waals surface area contributed by atoms with Crippen LogP contribution in [0.15, 0.2) is 35.7 Å². The molecule has 0 bridgehead atoms. The monoisotopic (exact) mass is 317 g/mol. The van der Waals surface area contributed by atoms with Gasteiger partial charge in [0.1, 0.15) is 0 Å². The number of thioether (sulfide) groups is 1. The number of fused-ring (bicyclic) bond motifs is 1. The zero-order valence-corrected chi connectivity index (χ0v) is 14.0. The van der Waals surface area contributed by atoms with E-state index in [2.05, 4.69) is 36.8 Å². The molecule has 0 saturated heterocycles. The minimum atomic E-state index is 0.148. The Labute approximate surface area is 134 Å². The summed E-state index contributed by atoms with van der Waals surface area (Å²) in [6, 6.07) is 10.4. The van der Waals surface area contributed by atoms with Gasteiger partial charge < -0.3 is 4.90 Å². The van der Waals surface area contributed by atoms with E-state index < -0.39 is 0 Å². The number of hydrogen-bond donors (Lipinski definition) is 0. The second-order valence-corrected chi connectivity index (χ2v) is 7.22. The Bertz CT molecular complexity index is 632. The van der Waals surface area contributed by atoms with Gasteiger partial charge in [-0.3, -0.25) is 4.79 Å². The van der Waals surface area contributed by atoms with E-state index in [0.717, 1.165) is 24.3 Å². The quantitative estimate of drug-likeness (QED) is 0.838. The predicted octanol–water partition coefficient (Wildman–Crippen LogP) is 4.37. The Kier molecular flexibility index (Phi) is 4.36. The van der Waals surface area contributed by atoms with Crippen LogP contribution in [0, 0.1) is 0 Å². The molecule has 1 aromatic heterocycles. The fourth-order valence-electron chi connectivity index (χ4n) is 2.86. The van der Waals surface area contributed by atoms with Gasteiger partial charge in [-0.2, -0.15) is 11.8 Å². The molecule has 0 aliphatic carbocycles. The van der Waals surface area contributed by atoms with Gasteiger partial charge in [-0.15, -0.1) is 11.3 Å². The Balaban J connectivity index is 1.79. The molecule has 21 heavy (non-hydrogen) atoms. The lowest BCUT2D eigenvalue weighted by Gasteiger charge is -2.33. The molecule has 0 N–H and O–H groups in total. The fraction of sp³-hybridized carbons (Fsp3) is 0.353. The smallest absolute Gasteiger partial charge is 0.254 e. The summed E-state index contributed by atoms with van der Waals surface area (Å²) in [5.74, 6) is 1.14. The summed E-state index contributed by atoms with van der Waals surface area (Å²) in [7, 11) is 0.